The number of benzene rings is 2. The minimum atomic E-state index is -0.339. The Morgan fingerprint density at radius 3 is 2.50 bits per heavy atom. The molecule has 0 bridgehead atoms. The number of phenols is 1. The average Bonchev–Trinajstić information content (AvgIpc) is 2.42. The third kappa shape index (κ3) is 1.84. The molecule has 2 aromatic rings. The highest BCUT2D eigenvalue weighted by Gasteiger charge is 2.28. The molecule has 3 heteroatoms. The van der Waals surface area contributed by atoms with Gasteiger partial charge in [0.25, 0.3) is 0 Å². The Balaban J connectivity index is 2.18. The van der Waals surface area contributed by atoms with Crippen molar-refractivity contribution in [3.63, 3.8) is 0 Å². The zero-order valence-corrected chi connectivity index (χ0v) is 10.9. The van der Waals surface area contributed by atoms with Crippen molar-refractivity contribution in [2.75, 3.05) is 0 Å². The molecular weight excluding hydrogens is 252 g/mol. The Kier molecular flexibility index (Phi) is 2.75. The average molecular weight is 264 g/mol. The normalized spacial score (nSPS) is 13.9. The molecule has 0 unspecified atom stereocenters. The molecule has 0 saturated heterocycles. The van der Waals surface area contributed by atoms with Gasteiger partial charge in [-0.15, -0.1) is 0 Å². The van der Waals surface area contributed by atoms with Crippen LogP contribution in [0.25, 0.3) is 5.57 Å². The first-order valence-corrected chi connectivity index (χ1v) is 6.27. The molecule has 0 radical (unpaired) electrons. The van der Waals surface area contributed by atoms with Gasteiger partial charge in [0.2, 0.25) is 0 Å². The van der Waals surface area contributed by atoms with Crippen LogP contribution in [0.3, 0.4) is 0 Å². The molecule has 3 rings (SSSR count). The van der Waals surface area contributed by atoms with Gasteiger partial charge in [-0.25, -0.2) is 0 Å². The smallest absolute Gasteiger partial charge is 0.194 e. The number of aryl methyl sites for hydroxylation is 1. The van der Waals surface area contributed by atoms with Gasteiger partial charge in [-0.2, -0.15) is 0 Å². The summed E-state index contributed by atoms with van der Waals surface area (Å²) in [5, 5.41) is 9.74. The van der Waals surface area contributed by atoms with Crippen molar-refractivity contribution in [3.05, 3.63) is 70.8 Å². The third-order valence-corrected chi connectivity index (χ3v) is 3.38. The van der Waals surface area contributed by atoms with Crippen molar-refractivity contribution in [1.82, 2.24) is 0 Å². The highest BCUT2D eigenvalue weighted by molar-refractivity contribution is 6.39. The van der Waals surface area contributed by atoms with Gasteiger partial charge < -0.3 is 5.11 Å². The third-order valence-electron chi connectivity index (χ3n) is 3.38. The minimum absolute atomic E-state index is 0.0916. The lowest BCUT2D eigenvalue weighted by molar-refractivity contribution is 0.0999. The zero-order chi connectivity index (χ0) is 14.3. The van der Waals surface area contributed by atoms with Crippen molar-refractivity contribution in [2.45, 2.75) is 6.92 Å². The summed E-state index contributed by atoms with van der Waals surface area (Å²) in [5.74, 6) is -0.726. The van der Waals surface area contributed by atoms with E-state index in [0.29, 0.717) is 5.57 Å². The van der Waals surface area contributed by atoms with Crippen molar-refractivity contribution in [2.24, 2.45) is 0 Å². The number of hydrogen-bond donors (Lipinski definition) is 1. The number of rotatable bonds is 1. The summed E-state index contributed by atoms with van der Waals surface area (Å²) >= 11 is 0. The lowest BCUT2D eigenvalue weighted by atomic mass is 9.85. The van der Waals surface area contributed by atoms with E-state index < -0.39 is 0 Å². The maximum atomic E-state index is 12.5. The summed E-state index contributed by atoms with van der Waals surface area (Å²) in [6.45, 7) is 1.93. The molecule has 1 aliphatic rings. The SMILES string of the molecule is Cc1cccc(C2=CC(=O)c3c(O)cccc3C2=O)c1. The molecule has 0 aliphatic heterocycles. The van der Waals surface area contributed by atoms with Gasteiger partial charge in [0.1, 0.15) is 5.75 Å². The standard InChI is InChI=1S/C17H12O3/c1-10-4-2-5-11(8-10)13-9-15(19)16-12(17(13)20)6-3-7-14(16)18/h2-9,18H,1H3. The number of fused-ring (bicyclic) bond motifs is 1. The second kappa shape index (κ2) is 4.46. The van der Waals surface area contributed by atoms with Crippen LogP contribution < -0.4 is 0 Å². The van der Waals surface area contributed by atoms with Gasteiger partial charge in [-0.1, -0.05) is 42.0 Å². The first-order chi connectivity index (χ1) is 9.58. The van der Waals surface area contributed by atoms with Crippen LogP contribution in [0.5, 0.6) is 5.75 Å². The van der Waals surface area contributed by atoms with Crippen molar-refractivity contribution < 1.29 is 14.7 Å². The predicted octanol–water partition coefficient (Wildman–Crippen LogP) is 3.16. The molecule has 0 saturated carbocycles. The van der Waals surface area contributed by atoms with E-state index in [0.717, 1.165) is 11.1 Å². The Hall–Kier alpha value is -2.68. The molecule has 20 heavy (non-hydrogen) atoms. The molecule has 0 atom stereocenters. The fourth-order valence-corrected chi connectivity index (χ4v) is 2.43. The number of aromatic hydroxyl groups is 1. The van der Waals surface area contributed by atoms with Gasteiger partial charge in [-0.05, 0) is 24.6 Å². The second-order valence-electron chi connectivity index (χ2n) is 4.82. The number of allylic oxidation sites excluding steroid dienone is 2. The number of Topliss-reactive ketones (excluding diaryl/α,β-unsaturated/α-hetero) is 1. The van der Waals surface area contributed by atoms with Crippen LogP contribution >= 0.6 is 0 Å². The molecule has 1 aliphatic carbocycles. The Morgan fingerprint density at radius 2 is 1.75 bits per heavy atom. The minimum Gasteiger partial charge on any atom is -0.507 e. The molecule has 0 spiro atoms. The van der Waals surface area contributed by atoms with Gasteiger partial charge in [-0.3, -0.25) is 9.59 Å². The van der Waals surface area contributed by atoms with Crippen LogP contribution in [0.2, 0.25) is 0 Å². The number of ketones is 2. The van der Waals surface area contributed by atoms with Gasteiger partial charge in [0.05, 0.1) is 5.56 Å². The number of phenolic OH excluding ortho intramolecular Hbond substituents is 1. The summed E-state index contributed by atoms with van der Waals surface area (Å²) in [6.07, 6.45) is 1.30. The first-order valence-electron chi connectivity index (χ1n) is 6.27. The van der Waals surface area contributed by atoms with E-state index in [4.69, 9.17) is 0 Å². The Morgan fingerprint density at radius 1 is 1.00 bits per heavy atom. The van der Waals surface area contributed by atoms with E-state index in [1.54, 1.807) is 18.2 Å². The Labute approximate surface area is 116 Å². The lowest BCUT2D eigenvalue weighted by Gasteiger charge is -2.16. The van der Waals surface area contributed by atoms with Crippen LogP contribution in [0, 0.1) is 6.92 Å². The number of hydrogen-bond acceptors (Lipinski definition) is 3. The van der Waals surface area contributed by atoms with Crippen LogP contribution in [-0.2, 0) is 0 Å². The van der Waals surface area contributed by atoms with Gasteiger partial charge in [0, 0.05) is 11.1 Å². The fourth-order valence-electron chi connectivity index (χ4n) is 2.43. The van der Waals surface area contributed by atoms with E-state index in [-0.39, 0.29) is 28.4 Å². The molecule has 0 aromatic heterocycles. The highest BCUT2D eigenvalue weighted by atomic mass is 16.3. The maximum absolute atomic E-state index is 12.5. The summed E-state index contributed by atoms with van der Waals surface area (Å²) in [5.41, 5.74) is 2.46. The maximum Gasteiger partial charge on any atom is 0.194 e. The molecule has 0 amide bonds. The van der Waals surface area contributed by atoms with Crippen LogP contribution in [0.1, 0.15) is 31.8 Å². The molecule has 98 valence electrons. The van der Waals surface area contributed by atoms with E-state index in [2.05, 4.69) is 0 Å². The molecule has 2 aromatic carbocycles. The zero-order valence-electron chi connectivity index (χ0n) is 10.9. The predicted molar refractivity (Wildman–Crippen MR) is 75.9 cm³/mol. The second-order valence-corrected chi connectivity index (χ2v) is 4.82. The molecule has 0 heterocycles. The Bertz CT molecular complexity index is 770. The summed E-state index contributed by atoms with van der Waals surface area (Å²) in [4.78, 5) is 24.6. The molecule has 3 nitrogen and oxygen atoms in total. The lowest BCUT2D eigenvalue weighted by Crippen LogP contribution is -2.16. The molecule has 0 fully saturated rings. The molecular formula is C17H12O3. The summed E-state index contributed by atoms with van der Waals surface area (Å²) in [7, 11) is 0. The molecule has 1 N–H and O–H groups in total. The summed E-state index contributed by atoms with van der Waals surface area (Å²) in [6, 6.07) is 12.0. The number of carbonyl (C=O) groups excluding carboxylic acids is 2. The van der Waals surface area contributed by atoms with Crippen molar-refractivity contribution >= 4 is 17.1 Å². The topological polar surface area (TPSA) is 54.4 Å². The largest absolute Gasteiger partial charge is 0.507 e. The first kappa shape index (κ1) is 12.4. The van der Waals surface area contributed by atoms with Crippen molar-refractivity contribution in [1.29, 1.82) is 0 Å². The number of carbonyl (C=O) groups is 2. The quantitative estimate of drug-likeness (QED) is 0.860. The monoisotopic (exact) mass is 264 g/mol. The van der Waals surface area contributed by atoms with E-state index >= 15 is 0 Å². The van der Waals surface area contributed by atoms with E-state index in [1.165, 1.54) is 12.1 Å². The fraction of sp³-hybridized carbons (Fsp3) is 0.0588. The van der Waals surface area contributed by atoms with Gasteiger partial charge in [0.15, 0.2) is 11.6 Å². The van der Waals surface area contributed by atoms with Crippen molar-refractivity contribution in [3.8, 4) is 5.75 Å². The summed E-state index contributed by atoms with van der Waals surface area (Å²) < 4.78 is 0. The van der Waals surface area contributed by atoms with Crippen LogP contribution in [-0.4, -0.2) is 16.7 Å². The van der Waals surface area contributed by atoms with Crippen LogP contribution in [0.4, 0.5) is 0 Å². The van der Waals surface area contributed by atoms with E-state index in [1.807, 2.05) is 25.1 Å². The van der Waals surface area contributed by atoms with Gasteiger partial charge >= 0.3 is 0 Å². The van der Waals surface area contributed by atoms with Crippen LogP contribution in [0.15, 0.2) is 48.5 Å². The highest BCUT2D eigenvalue weighted by Crippen LogP contribution is 2.32. The van der Waals surface area contributed by atoms with E-state index in [9.17, 15) is 14.7 Å².